The first kappa shape index (κ1) is 34.5. The Balaban J connectivity index is 1.52. The molecule has 2 aliphatic heterocycles. The molecule has 3 aliphatic rings. The zero-order valence-corrected chi connectivity index (χ0v) is 30.9. The van der Waals surface area contributed by atoms with Gasteiger partial charge in [-0.05, 0) is 114 Å². The fraction of sp³-hybridized carbons (Fsp3) is 0.561. The van der Waals surface area contributed by atoms with Crippen LogP contribution in [0.15, 0.2) is 54.6 Å². The van der Waals surface area contributed by atoms with Crippen LogP contribution < -0.4 is 10.9 Å². The third kappa shape index (κ3) is 5.96. The number of aryl methyl sites for hydroxylation is 2. The van der Waals surface area contributed by atoms with Crippen LogP contribution in [-0.4, -0.2) is 36.6 Å². The van der Waals surface area contributed by atoms with Gasteiger partial charge in [-0.25, -0.2) is 0 Å². The maximum atomic E-state index is 6.61. The van der Waals surface area contributed by atoms with Crippen LogP contribution in [0.25, 0.3) is 11.1 Å². The lowest BCUT2D eigenvalue weighted by Gasteiger charge is -2.34. The van der Waals surface area contributed by atoms with Gasteiger partial charge in [0.1, 0.15) is 0 Å². The van der Waals surface area contributed by atoms with E-state index in [1.807, 2.05) is 0 Å². The molecule has 0 bridgehead atoms. The van der Waals surface area contributed by atoms with E-state index in [4.69, 9.17) is 18.6 Å². The van der Waals surface area contributed by atoms with E-state index in [0.717, 1.165) is 23.8 Å². The summed E-state index contributed by atoms with van der Waals surface area (Å²) in [6.07, 6.45) is 8.56. The molecule has 2 saturated heterocycles. The van der Waals surface area contributed by atoms with Crippen molar-refractivity contribution in [2.75, 3.05) is 0 Å². The Hall–Kier alpha value is -2.37. The first-order chi connectivity index (χ1) is 22.0. The highest BCUT2D eigenvalue weighted by molar-refractivity contribution is 6.62. The average molecular weight is 635 g/mol. The lowest BCUT2D eigenvalue weighted by atomic mass is 9.65. The highest BCUT2D eigenvalue weighted by Gasteiger charge is 2.54. The van der Waals surface area contributed by atoms with Crippen molar-refractivity contribution < 1.29 is 18.6 Å². The molecule has 250 valence electrons. The number of unbranched alkanes of at least 4 members (excludes halogenated alkanes) is 5. The minimum atomic E-state index is -0.416. The number of benzene rings is 3. The molecule has 3 aromatic rings. The fourth-order valence-electron chi connectivity index (χ4n) is 7.81. The minimum Gasteiger partial charge on any atom is -0.399 e. The summed E-state index contributed by atoms with van der Waals surface area (Å²) in [5.41, 5.74) is 9.47. The van der Waals surface area contributed by atoms with Gasteiger partial charge in [-0.1, -0.05) is 111 Å². The maximum Gasteiger partial charge on any atom is 0.494 e. The Kier molecular flexibility index (Phi) is 8.95. The first-order valence-corrected chi connectivity index (χ1v) is 18.1. The molecule has 2 fully saturated rings. The Morgan fingerprint density at radius 2 is 0.915 bits per heavy atom. The van der Waals surface area contributed by atoms with Crippen LogP contribution >= 0.6 is 0 Å². The van der Waals surface area contributed by atoms with Crippen molar-refractivity contribution in [2.24, 2.45) is 0 Å². The zero-order chi connectivity index (χ0) is 34.0. The second kappa shape index (κ2) is 12.2. The predicted octanol–water partition coefficient (Wildman–Crippen LogP) is 8.97. The van der Waals surface area contributed by atoms with Crippen LogP contribution in [0.1, 0.15) is 135 Å². The van der Waals surface area contributed by atoms with Crippen molar-refractivity contribution in [3.63, 3.8) is 0 Å². The van der Waals surface area contributed by atoms with Gasteiger partial charge in [0.25, 0.3) is 0 Å². The van der Waals surface area contributed by atoms with Gasteiger partial charge in [-0.3, -0.25) is 0 Å². The van der Waals surface area contributed by atoms with E-state index in [0.29, 0.717) is 0 Å². The molecule has 0 atom stereocenters. The van der Waals surface area contributed by atoms with Gasteiger partial charge in [-0.2, -0.15) is 0 Å². The van der Waals surface area contributed by atoms with Crippen molar-refractivity contribution in [2.45, 2.75) is 149 Å². The summed E-state index contributed by atoms with van der Waals surface area (Å²) in [5, 5.41) is 0. The van der Waals surface area contributed by atoms with Crippen LogP contribution in [0.4, 0.5) is 0 Å². The minimum absolute atomic E-state index is 0.328. The average Bonchev–Trinajstić information content (AvgIpc) is 3.48. The number of hydrogen-bond donors (Lipinski definition) is 0. The second-order valence-corrected chi connectivity index (χ2v) is 16.6. The van der Waals surface area contributed by atoms with E-state index in [9.17, 15) is 0 Å². The van der Waals surface area contributed by atoms with Gasteiger partial charge in [0.2, 0.25) is 0 Å². The highest BCUT2D eigenvalue weighted by Crippen LogP contribution is 2.55. The quantitative estimate of drug-likeness (QED) is 0.165. The van der Waals surface area contributed by atoms with Crippen LogP contribution in [0.2, 0.25) is 0 Å². The maximum absolute atomic E-state index is 6.61. The zero-order valence-electron chi connectivity index (χ0n) is 30.9. The first-order valence-electron chi connectivity index (χ1n) is 18.1. The second-order valence-electron chi connectivity index (χ2n) is 16.6. The third-order valence-electron chi connectivity index (χ3n) is 12.0. The fourth-order valence-corrected chi connectivity index (χ4v) is 7.81. The van der Waals surface area contributed by atoms with E-state index >= 15 is 0 Å². The summed E-state index contributed by atoms with van der Waals surface area (Å²) in [5.74, 6) is 0. The molecule has 47 heavy (non-hydrogen) atoms. The summed E-state index contributed by atoms with van der Waals surface area (Å²) < 4.78 is 26.4. The van der Waals surface area contributed by atoms with Crippen LogP contribution in [-0.2, 0) is 24.0 Å². The highest BCUT2D eigenvalue weighted by atomic mass is 16.7. The molecule has 0 N–H and O–H groups in total. The third-order valence-corrected chi connectivity index (χ3v) is 12.0. The molecule has 0 aromatic heterocycles. The van der Waals surface area contributed by atoms with E-state index in [1.54, 1.807) is 0 Å². The summed E-state index contributed by atoms with van der Waals surface area (Å²) >= 11 is 0. The Morgan fingerprint density at radius 3 is 1.34 bits per heavy atom. The Morgan fingerprint density at radius 1 is 0.511 bits per heavy atom. The smallest absolute Gasteiger partial charge is 0.399 e. The van der Waals surface area contributed by atoms with Crippen molar-refractivity contribution in [1.29, 1.82) is 0 Å². The van der Waals surface area contributed by atoms with Crippen LogP contribution in [0.5, 0.6) is 0 Å². The molecule has 3 aromatic carbocycles. The van der Waals surface area contributed by atoms with E-state index in [2.05, 4.69) is 131 Å². The van der Waals surface area contributed by atoms with Crippen molar-refractivity contribution in [3.8, 4) is 11.1 Å². The predicted molar refractivity (Wildman–Crippen MR) is 197 cm³/mol. The molecule has 4 nitrogen and oxygen atoms in total. The number of fused-ring (bicyclic) bond motifs is 3. The van der Waals surface area contributed by atoms with Gasteiger partial charge in [0.15, 0.2) is 0 Å². The lowest BCUT2D eigenvalue weighted by Crippen LogP contribution is -2.41. The van der Waals surface area contributed by atoms with Gasteiger partial charge in [-0.15, -0.1) is 0 Å². The van der Waals surface area contributed by atoms with Crippen molar-refractivity contribution in [1.82, 2.24) is 0 Å². The molecule has 6 heteroatoms. The van der Waals surface area contributed by atoms with Crippen molar-refractivity contribution >= 4 is 25.2 Å². The SMILES string of the molecule is CCCCCCCCC1(c2cc(C)cc(C)c2)c2cc(B3OC(C)(C)C(C)(C)O3)ccc2-c2ccc(B3OC(C)(C)C(C)(C)O3)cc21. The number of hydrogen-bond acceptors (Lipinski definition) is 4. The Bertz CT molecular complexity index is 1500. The molecule has 0 spiro atoms. The standard InChI is InChI=1S/C41H56B2O4/c1-12-13-14-15-16-17-22-41(30-24-28(2)23-29(3)25-30)35-26-31(42-44-37(4,5)38(6,7)45-42)18-20-33(35)34-21-19-32(27-36(34)41)43-46-39(8,9)40(10,11)47-43/h18-21,23-27H,12-17,22H2,1-11H3. The molecule has 2 heterocycles. The monoisotopic (exact) mass is 634 g/mol. The molecule has 1 aliphatic carbocycles. The van der Waals surface area contributed by atoms with E-state index < -0.39 is 36.6 Å². The van der Waals surface area contributed by atoms with E-state index in [-0.39, 0.29) is 5.41 Å². The molecule has 0 unspecified atom stereocenters. The summed E-state index contributed by atoms with van der Waals surface area (Å²) in [6, 6.07) is 21.0. The summed E-state index contributed by atoms with van der Waals surface area (Å²) in [6.45, 7) is 23.8. The van der Waals surface area contributed by atoms with Gasteiger partial charge in [0.05, 0.1) is 22.4 Å². The van der Waals surface area contributed by atoms with Gasteiger partial charge < -0.3 is 18.6 Å². The van der Waals surface area contributed by atoms with E-state index in [1.165, 1.54) is 71.0 Å². The van der Waals surface area contributed by atoms with Crippen molar-refractivity contribution in [3.05, 3.63) is 82.4 Å². The van der Waals surface area contributed by atoms with Gasteiger partial charge >= 0.3 is 14.2 Å². The molecule has 0 amide bonds. The topological polar surface area (TPSA) is 36.9 Å². The molecule has 6 rings (SSSR count). The molecule has 0 saturated carbocycles. The molecular weight excluding hydrogens is 578 g/mol. The molecular formula is C41H56B2O4. The molecule has 0 radical (unpaired) electrons. The summed E-state index contributed by atoms with van der Waals surface area (Å²) in [4.78, 5) is 0. The largest absolute Gasteiger partial charge is 0.494 e. The number of rotatable bonds is 10. The van der Waals surface area contributed by atoms with Crippen LogP contribution in [0, 0.1) is 13.8 Å². The van der Waals surface area contributed by atoms with Gasteiger partial charge in [0, 0.05) is 5.41 Å². The normalized spacial score (nSPS) is 21.3. The summed E-state index contributed by atoms with van der Waals surface area (Å²) in [7, 11) is -0.833. The Labute approximate surface area is 285 Å². The lowest BCUT2D eigenvalue weighted by molar-refractivity contribution is 0.00578. The van der Waals surface area contributed by atoms with Crippen LogP contribution in [0.3, 0.4) is 0 Å².